The van der Waals surface area contributed by atoms with Gasteiger partial charge in [0, 0.05) is 27.6 Å². The van der Waals surface area contributed by atoms with Crippen molar-refractivity contribution in [3.05, 3.63) is 62.0 Å². The van der Waals surface area contributed by atoms with E-state index in [-0.39, 0.29) is 18.4 Å². The number of halogens is 3. The van der Waals surface area contributed by atoms with E-state index in [0.717, 1.165) is 20.6 Å². The lowest BCUT2D eigenvalue weighted by atomic mass is 10.1. The van der Waals surface area contributed by atoms with Crippen molar-refractivity contribution in [3.63, 3.8) is 0 Å². The van der Waals surface area contributed by atoms with E-state index in [9.17, 15) is 18.0 Å². The van der Waals surface area contributed by atoms with Gasteiger partial charge in [0.15, 0.2) is 0 Å². The SMILES string of the molecule is Cc1cc(N(CC(=O)N(Cc2ccc(Cl)cc2Cl)[C@@H](C)C(=O)NCC(C)C)S(C)(=O)=O)ccc1Br. The van der Waals surface area contributed by atoms with Gasteiger partial charge < -0.3 is 10.2 Å². The average molecular weight is 607 g/mol. The second kappa shape index (κ2) is 12.4. The molecule has 0 saturated carbocycles. The maximum Gasteiger partial charge on any atom is 0.244 e. The molecule has 2 aromatic rings. The topological polar surface area (TPSA) is 86.8 Å². The standard InChI is InChI=1S/C24H30BrCl2N3O4S/c1-15(2)12-28-24(32)17(4)29(13-18-6-7-19(26)11-22(18)27)23(31)14-30(35(5,33)34)20-8-9-21(25)16(3)10-20/h6-11,15,17H,12-14H2,1-5H3,(H,28,32)/t17-/m0/s1. The molecule has 0 saturated heterocycles. The lowest BCUT2D eigenvalue weighted by molar-refractivity contribution is -0.139. The summed E-state index contributed by atoms with van der Waals surface area (Å²) >= 11 is 15.7. The average Bonchev–Trinajstić information content (AvgIpc) is 2.75. The van der Waals surface area contributed by atoms with E-state index in [1.807, 2.05) is 20.8 Å². The van der Waals surface area contributed by atoms with Crippen molar-refractivity contribution >= 4 is 66.7 Å². The highest BCUT2D eigenvalue weighted by Crippen LogP contribution is 2.26. The van der Waals surface area contributed by atoms with E-state index in [0.29, 0.717) is 27.8 Å². The van der Waals surface area contributed by atoms with Crippen molar-refractivity contribution < 1.29 is 18.0 Å². The van der Waals surface area contributed by atoms with Crippen LogP contribution in [-0.4, -0.2) is 50.5 Å². The predicted octanol–water partition coefficient (Wildman–Crippen LogP) is 5.02. The first-order chi connectivity index (χ1) is 16.2. The lowest BCUT2D eigenvalue weighted by Gasteiger charge is -2.32. The fourth-order valence-corrected chi connectivity index (χ4v) is 4.82. The molecule has 2 amide bonds. The summed E-state index contributed by atoms with van der Waals surface area (Å²) < 4.78 is 27.1. The molecule has 35 heavy (non-hydrogen) atoms. The van der Waals surface area contributed by atoms with Crippen molar-refractivity contribution in [3.8, 4) is 0 Å². The zero-order valence-corrected chi connectivity index (χ0v) is 24.2. The van der Waals surface area contributed by atoms with Gasteiger partial charge >= 0.3 is 0 Å². The van der Waals surface area contributed by atoms with Crippen molar-refractivity contribution in [1.29, 1.82) is 0 Å². The molecule has 0 aliphatic carbocycles. The molecule has 1 N–H and O–H groups in total. The first-order valence-corrected chi connectivity index (χ1v) is 14.4. The molecule has 11 heteroatoms. The number of hydrogen-bond donors (Lipinski definition) is 1. The molecule has 0 spiro atoms. The Bertz CT molecular complexity index is 1190. The number of rotatable bonds is 10. The number of nitrogens with zero attached hydrogens (tertiary/aromatic N) is 2. The molecule has 0 unspecified atom stereocenters. The highest BCUT2D eigenvalue weighted by atomic mass is 79.9. The predicted molar refractivity (Wildman–Crippen MR) is 145 cm³/mol. The van der Waals surface area contributed by atoms with Gasteiger partial charge in [-0.15, -0.1) is 0 Å². The molecular weight excluding hydrogens is 577 g/mol. The van der Waals surface area contributed by atoms with Crippen LogP contribution in [0.5, 0.6) is 0 Å². The van der Waals surface area contributed by atoms with Crippen LogP contribution in [0.3, 0.4) is 0 Å². The summed E-state index contributed by atoms with van der Waals surface area (Å²) in [5, 5.41) is 3.61. The highest BCUT2D eigenvalue weighted by Gasteiger charge is 2.30. The Hall–Kier alpha value is -1.81. The summed E-state index contributed by atoms with van der Waals surface area (Å²) in [5.41, 5.74) is 1.75. The van der Waals surface area contributed by atoms with Crippen molar-refractivity contribution in [2.75, 3.05) is 23.7 Å². The van der Waals surface area contributed by atoms with E-state index in [1.54, 1.807) is 43.3 Å². The molecule has 2 rings (SSSR count). The monoisotopic (exact) mass is 605 g/mol. The van der Waals surface area contributed by atoms with Gasteiger partial charge in [-0.1, -0.05) is 59.0 Å². The Morgan fingerprint density at radius 3 is 2.29 bits per heavy atom. The fourth-order valence-electron chi connectivity index (χ4n) is 3.27. The number of anilines is 1. The van der Waals surface area contributed by atoms with Crippen LogP contribution in [0.1, 0.15) is 31.9 Å². The number of nitrogens with one attached hydrogen (secondary N) is 1. The van der Waals surface area contributed by atoms with Gasteiger partial charge in [-0.25, -0.2) is 8.42 Å². The van der Waals surface area contributed by atoms with E-state index < -0.39 is 28.5 Å². The second-order valence-electron chi connectivity index (χ2n) is 8.78. The Balaban J connectivity index is 2.42. The van der Waals surface area contributed by atoms with Crippen molar-refractivity contribution in [1.82, 2.24) is 10.2 Å². The Morgan fingerprint density at radius 2 is 1.74 bits per heavy atom. The molecule has 1 atom stereocenters. The number of amides is 2. The Morgan fingerprint density at radius 1 is 1.09 bits per heavy atom. The molecule has 2 aromatic carbocycles. The first kappa shape index (κ1) is 29.4. The summed E-state index contributed by atoms with van der Waals surface area (Å²) in [6, 6.07) is 9.01. The van der Waals surface area contributed by atoms with Crippen molar-refractivity contribution in [2.24, 2.45) is 5.92 Å². The Labute approximate surface area is 225 Å². The molecule has 7 nitrogen and oxygen atoms in total. The van der Waals surface area contributed by atoms with Crippen LogP contribution < -0.4 is 9.62 Å². The number of aryl methyl sites for hydroxylation is 1. The summed E-state index contributed by atoms with van der Waals surface area (Å²) in [6.45, 7) is 7.32. The number of carbonyl (C=O) groups excluding carboxylic acids is 2. The van der Waals surface area contributed by atoms with Crippen LogP contribution >= 0.6 is 39.1 Å². The van der Waals surface area contributed by atoms with E-state index >= 15 is 0 Å². The molecule has 0 heterocycles. The normalized spacial score (nSPS) is 12.4. The van der Waals surface area contributed by atoms with Crippen molar-refractivity contribution in [2.45, 2.75) is 40.3 Å². The highest BCUT2D eigenvalue weighted by molar-refractivity contribution is 9.10. The van der Waals surface area contributed by atoms with Crippen LogP contribution in [0.2, 0.25) is 10.0 Å². The number of carbonyl (C=O) groups is 2. The summed E-state index contributed by atoms with van der Waals surface area (Å²) in [7, 11) is -3.80. The zero-order chi connectivity index (χ0) is 26.5. The van der Waals surface area contributed by atoms with E-state index in [2.05, 4.69) is 21.2 Å². The summed E-state index contributed by atoms with van der Waals surface area (Å²) in [4.78, 5) is 27.7. The minimum absolute atomic E-state index is 0.00205. The minimum atomic E-state index is -3.80. The van der Waals surface area contributed by atoms with Gasteiger partial charge in [-0.3, -0.25) is 13.9 Å². The Kier molecular flexibility index (Phi) is 10.4. The number of benzene rings is 2. The second-order valence-corrected chi connectivity index (χ2v) is 12.4. The molecule has 0 aliphatic heterocycles. The molecule has 192 valence electrons. The third kappa shape index (κ3) is 8.37. The lowest BCUT2D eigenvalue weighted by Crippen LogP contribution is -2.51. The number of hydrogen-bond acceptors (Lipinski definition) is 4. The smallest absolute Gasteiger partial charge is 0.244 e. The quantitative estimate of drug-likeness (QED) is 0.411. The van der Waals surface area contributed by atoms with Gasteiger partial charge in [0.1, 0.15) is 12.6 Å². The van der Waals surface area contributed by atoms with Gasteiger partial charge in [0.2, 0.25) is 21.8 Å². The molecule has 0 aromatic heterocycles. The molecular formula is C24H30BrCl2N3O4S. The third-order valence-electron chi connectivity index (χ3n) is 5.32. The third-order valence-corrected chi connectivity index (χ3v) is 7.93. The van der Waals surface area contributed by atoms with Crippen LogP contribution in [0.4, 0.5) is 5.69 Å². The van der Waals surface area contributed by atoms with Gasteiger partial charge in [-0.2, -0.15) is 0 Å². The van der Waals surface area contributed by atoms with E-state index in [4.69, 9.17) is 23.2 Å². The van der Waals surface area contributed by atoms with Gasteiger partial charge in [0.25, 0.3) is 0 Å². The van der Waals surface area contributed by atoms with Gasteiger partial charge in [-0.05, 0) is 61.2 Å². The van der Waals surface area contributed by atoms with Crippen LogP contribution in [0.25, 0.3) is 0 Å². The van der Waals surface area contributed by atoms with Crippen LogP contribution in [0, 0.1) is 12.8 Å². The first-order valence-electron chi connectivity index (χ1n) is 11.0. The number of sulfonamides is 1. The largest absolute Gasteiger partial charge is 0.354 e. The van der Waals surface area contributed by atoms with Gasteiger partial charge in [0.05, 0.1) is 11.9 Å². The van der Waals surface area contributed by atoms with Crippen LogP contribution in [-0.2, 0) is 26.2 Å². The summed E-state index contributed by atoms with van der Waals surface area (Å²) in [5.74, 6) is -0.667. The molecule has 0 aliphatic rings. The summed E-state index contributed by atoms with van der Waals surface area (Å²) in [6.07, 6.45) is 1.04. The van der Waals surface area contributed by atoms with Crippen LogP contribution in [0.15, 0.2) is 40.9 Å². The zero-order valence-electron chi connectivity index (χ0n) is 20.3. The van der Waals surface area contributed by atoms with E-state index in [1.165, 1.54) is 4.90 Å². The maximum atomic E-state index is 13.6. The molecule has 0 radical (unpaired) electrons. The fraction of sp³-hybridized carbons (Fsp3) is 0.417. The maximum absolute atomic E-state index is 13.6. The molecule has 0 fully saturated rings. The minimum Gasteiger partial charge on any atom is -0.354 e. The molecule has 0 bridgehead atoms.